The van der Waals surface area contributed by atoms with Crippen molar-refractivity contribution in [1.82, 2.24) is 10.3 Å². The molecule has 0 bridgehead atoms. The molecule has 7 heteroatoms. The number of nitrogens with zero attached hydrogens (tertiary/aromatic N) is 2. The van der Waals surface area contributed by atoms with Gasteiger partial charge >= 0.3 is 6.09 Å². The molecule has 1 aromatic heterocycles. The van der Waals surface area contributed by atoms with Gasteiger partial charge in [0.25, 0.3) is 0 Å². The molecule has 1 amide bonds. The summed E-state index contributed by atoms with van der Waals surface area (Å²) in [6, 6.07) is 10.3. The fourth-order valence-corrected chi connectivity index (χ4v) is 2.83. The number of amides is 1. The molecule has 1 heterocycles. The molecule has 6 nitrogen and oxygen atoms in total. The number of carbonyl (C=O) groups excluding carboxylic acids is 1. The average Bonchev–Trinajstić information content (AvgIpc) is 3.45. The van der Waals surface area contributed by atoms with Crippen LogP contribution in [-0.4, -0.2) is 29.8 Å². The van der Waals surface area contributed by atoms with Crippen molar-refractivity contribution in [2.75, 3.05) is 13.2 Å². The minimum absolute atomic E-state index is 0.147. The highest BCUT2D eigenvalue weighted by atomic mass is 19.1. The molecular formula is C22H24FN3O3. The van der Waals surface area contributed by atoms with Gasteiger partial charge in [0.2, 0.25) is 5.95 Å². The summed E-state index contributed by atoms with van der Waals surface area (Å²) < 4.78 is 25.3. The van der Waals surface area contributed by atoms with Crippen LogP contribution in [0.5, 0.6) is 5.75 Å². The van der Waals surface area contributed by atoms with Crippen LogP contribution in [0.25, 0.3) is 11.1 Å². The Morgan fingerprint density at radius 3 is 2.76 bits per heavy atom. The van der Waals surface area contributed by atoms with Crippen molar-refractivity contribution < 1.29 is 18.7 Å². The Morgan fingerprint density at radius 2 is 2.10 bits per heavy atom. The fourth-order valence-electron chi connectivity index (χ4n) is 2.83. The minimum atomic E-state index is -0.625. The summed E-state index contributed by atoms with van der Waals surface area (Å²) in [5.41, 5.74) is 0.588. The quantitative estimate of drug-likeness (QED) is 0.729. The lowest BCUT2D eigenvalue weighted by atomic mass is 10.0. The first-order chi connectivity index (χ1) is 13.7. The molecule has 1 aliphatic rings. The second kappa shape index (κ2) is 8.08. The van der Waals surface area contributed by atoms with Gasteiger partial charge in [0.15, 0.2) is 0 Å². The van der Waals surface area contributed by atoms with E-state index in [0.717, 1.165) is 12.8 Å². The average molecular weight is 397 g/mol. The fraction of sp³-hybridized carbons (Fsp3) is 0.409. The zero-order chi connectivity index (χ0) is 21.1. The van der Waals surface area contributed by atoms with Gasteiger partial charge in [-0.2, -0.15) is 9.65 Å². The summed E-state index contributed by atoms with van der Waals surface area (Å²) in [5, 5.41) is 11.8. The number of halogens is 1. The van der Waals surface area contributed by atoms with Gasteiger partial charge in [-0.05, 0) is 57.4 Å². The first-order valence-electron chi connectivity index (χ1n) is 9.45. The Bertz CT molecular complexity index is 943. The number of rotatable bonds is 6. The number of nitriles is 1. The molecule has 1 fully saturated rings. The van der Waals surface area contributed by atoms with Crippen LogP contribution in [0.2, 0.25) is 0 Å². The maximum absolute atomic E-state index is 14.2. The van der Waals surface area contributed by atoms with E-state index in [4.69, 9.17) is 14.7 Å². The first-order valence-corrected chi connectivity index (χ1v) is 9.45. The minimum Gasteiger partial charge on any atom is -0.491 e. The number of carbonyl (C=O) groups is 1. The van der Waals surface area contributed by atoms with Crippen LogP contribution < -0.4 is 10.1 Å². The number of pyridine rings is 1. The second-order valence-electron chi connectivity index (χ2n) is 8.35. The molecule has 0 aliphatic heterocycles. The summed E-state index contributed by atoms with van der Waals surface area (Å²) in [5.74, 6) is -0.188. The third-order valence-corrected chi connectivity index (χ3v) is 4.63. The van der Waals surface area contributed by atoms with Gasteiger partial charge in [-0.15, -0.1) is 0 Å². The van der Waals surface area contributed by atoms with Crippen LogP contribution >= 0.6 is 0 Å². The molecule has 3 rings (SSSR count). The predicted molar refractivity (Wildman–Crippen MR) is 106 cm³/mol. The van der Waals surface area contributed by atoms with Gasteiger partial charge in [0.1, 0.15) is 11.4 Å². The van der Waals surface area contributed by atoms with Crippen molar-refractivity contribution in [1.29, 1.82) is 5.26 Å². The lowest BCUT2D eigenvalue weighted by Crippen LogP contribution is -2.37. The Morgan fingerprint density at radius 1 is 1.34 bits per heavy atom. The van der Waals surface area contributed by atoms with E-state index in [-0.39, 0.29) is 11.0 Å². The van der Waals surface area contributed by atoms with Crippen LogP contribution in [-0.2, 0) is 4.74 Å². The standard InChI is InChI=1S/C22H24FN3O3/c1-21(2,3)29-20(27)26-13-22(7-8-22)14-28-17-10-18(19(23)25-12-17)16-6-4-5-15(9-16)11-24/h4-6,9-10,12H,7-8,13-14H2,1-3H3,(H,26,27). The lowest BCUT2D eigenvalue weighted by Gasteiger charge is -2.22. The van der Waals surface area contributed by atoms with Gasteiger partial charge in [0, 0.05) is 17.5 Å². The number of benzene rings is 1. The summed E-state index contributed by atoms with van der Waals surface area (Å²) in [7, 11) is 0. The molecule has 0 radical (unpaired) electrons. The molecule has 29 heavy (non-hydrogen) atoms. The van der Waals surface area contributed by atoms with Crippen LogP contribution in [0.15, 0.2) is 36.5 Å². The number of alkyl carbamates (subject to hydrolysis) is 1. The Balaban J connectivity index is 1.62. The van der Waals surface area contributed by atoms with E-state index in [1.807, 2.05) is 26.8 Å². The van der Waals surface area contributed by atoms with E-state index < -0.39 is 17.6 Å². The van der Waals surface area contributed by atoms with Gasteiger partial charge in [0.05, 0.1) is 24.4 Å². The Hall–Kier alpha value is -3.14. The number of hydrogen-bond acceptors (Lipinski definition) is 5. The van der Waals surface area contributed by atoms with E-state index in [0.29, 0.717) is 30.0 Å². The molecule has 2 aromatic rings. The Kier molecular flexibility index (Phi) is 5.73. The van der Waals surface area contributed by atoms with E-state index >= 15 is 0 Å². The SMILES string of the molecule is CC(C)(C)OC(=O)NCC1(COc2cnc(F)c(-c3cccc(C#N)c3)c2)CC1. The number of nitrogens with one attached hydrogen (secondary N) is 1. The number of aromatic nitrogens is 1. The van der Waals surface area contributed by atoms with Crippen LogP contribution in [0.3, 0.4) is 0 Å². The normalized spacial score (nSPS) is 14.6. The molecule has 1 saturated carbocycles. The molecule has 0 saturated heterocycles. The molecule has 0 spiro atoms. The largest absolute Gasteiger partial charge is 0.491 e. The third kappa shape index (κ3) is 5.67. The maximum atomic E-state index is 14.2. The highest BCUT2D eigenvalue weighted by molar-refractivity contribution is 5.68. The van der Waals surface area contributed by atoms with Crippen molar-refractivity contribution >= 4 is 6.09 Å². The molecule has 1 aromatic carbocycles. The van der Waals surface area contributed by atoms with E-state index in [9.17, 15) is 9.18 Å². The van der Waals surface area contributed by atoms with Crippen molar-refractivity contribution in [3.8, 4) is 22.9 Å². The monoisotopic (exact) mass is 397 g/mol. The van der Waals surface area contributed by atoms with E-state index in [2.05, 4.69) is 10.3 Å². The van der Waals surface area contributed by atoms with Crippen molar-refractivity contribution in [2.24, 2.45) is 5.41 Å². The molecule has 1 aliphatic carbocycles. The van der Waals surface area contributed by atoms with Crippen LogP contribution in [0.1, 0.15) is 39.2 Å². The summed E-state index contributed by atoms with van der Waals surface area (Å²) in [4.78, 5) is 15.6. The van der Waals surface area contributed by atoms with E-state index in [1.165, 1.54) is 6.20 Å². The molecule has 1 N–H and O–H groups in total. The molecule has 0 atom stereocenters. The number of hydrogen-bond donors (Lipinski definition) is 1. The summed E-state index contributed by atoms with van der Waals surface area (Å²) in [6.45, 7) is 6.28. The Labute approximate surface area is 169 Å². The summed E-state index contributed by atoms with van der Waals surface area (Å²) >= 11 is 0. The summed E-state index contributed by atoms with van der Waals surface area (Å²) in [6.07, 6.45) is 2.74. The molecule has 0 unspecified atom stereocenters. The van der Waals surface area contributed by atoms with Crippen molar-refractivity contribution in [3.05, 3.63) is 48.0 Å². The molecular weight excluding hydrogens is 373 g/mol. The highest BCUT2D eigenvalue weighted by Gasteiger charge is 2.44. The highest BCUT2D eigenvalue weighted by Crippen LogP contribution is 2.45. The molecule has 152 valence electrons. The van der Waals surface area contributed by atoms with Gasteiger partial charge < -0.3 is 14.8 Å². The van der Waals surface area contributed by atoms with Gasteiger partial charge in [-0.1, -0.05) is 12.1 Å². The van der Waals surface area contributed by atoms with Gasteiger partial charge in [-0.25, -0.2) is 9.78 Å². The smallest absolute Gasteiger partial charge is 0.407 e. The topological polar surface area (TPSA) is 84.2 Å². The third-order valence-electron chi connectivity index (χ3n) is 4.63. The van der Waals surface area contributed by atoms with Crippen LogP contribution in [0, 0.1) is 22.7 Å². The zero-order valence-electron chi connectivity index (χ0n) is 16.8. The first kappa shape index (κ1) is 20.6. The van der Waals surface area contributed by atoms with E-state index in [1.54, 1.807) is 30.3 Å². The predicted octanol–water partition coefficient (Wildman–Crippen LogP) is 4.44. The van der Waals surface area contributed by atoms with Crippen LogP contribution in [0.4, 0.5) is 9.18 Å². The maximum Gasteiger partial charge on any atom is 0.407 e. The lowest BCUT2D eigenvalue weighted by molar-refractivity contribution is 0.0509. The zero-order valence-corrected chi connectivity index (χ0v) is 16.8. The van der Waals surface area contributed by atoms with Crippen molar-refractivity contribution in [2.45, 2.75) is 39.2 Å². The van der Waals surface area contributed by atoms with Crippen molar-refractivity contribution in [3.63, 3.8) is 0 Å². The second-order valence-corrected chi connectivity index (χ2v) is 8.35. The number of ether oxygens (including phenoxy) is 2. The van der Waals surface area contributed by atoms with Gasteiger partial charge in [-0.3, -0.25) is 0 Å².